The van der Waals surface area contributed by atoms with Crippen LogP contribution in [0.15, 0.2) is 24.3 Å². The molecule has 108 valence electrons. The molecule has 21 heavy (non-hydrogen) atoms. The van der Waals surface area contributed by atoms with E-state index in [0.717, 1.165) is 28.2 Å². The standard InChI is InChI=1S/C15H18N6/c1-8(2)21-9(3)18-12-5-4-11(19-15(12)21)10-6-13(16)20-14(17)7-10/h4-8H,1-3H3,(H4,16,17,20). The van der Waals surface area contributed by atoms with E-state index in [0.29, 0.717) is 17.7 Å². The highest BCUT2D eigenvalue weighted by Gasteiger charge is 2.13. The van der Waals surface area contributed by atoms with Crippen LogP contribution in [0.4, 0.5) is 11.6 Å². The Bertz CT molecular complexity index is 798. The first-order chi connectivity index (χ1) is 9.95. The molecule has 3 rings (SSSR count). The molecule has 0 fully saturated rings. The van der Waals surface area contributed by atoms with Crippen LogP contribution < -0.4 is 11.5 Å². The third-order valence-corrected chi connectivity index (χ3v) is 3.39. The van der Waals surface area contributed by atoms with Gasteiger partial charge in [-0.25, -0.2) is 15.0 Å². The Morgan fingerprint density at radius 2 is 1.67 bits per heavy atom. The van der Waals surface area contributed by atoms with Crippen molar-refractivity contribution in [1.82, 2.24) is 19.5 Å². The SMILES string of the molecule is Cc1nc2ccc(-c3cc(N)nc(N)c3)nc2n1C(C)C. The van der Waals surface area contributed by atoms with E-state index in [1.165, 1.54) is 0 Å². The summed E-state index contributed by atoms with van der Waals surface area (Å²) in [5.74, 6) is 1.74. The van der Waals surface area contributed by atoms with Crippen LogP contribution in [0.3, 0.4) is 0 Å². The molecule has 0 radical (unpaired) electrons. The fourth-order valence-corrected chi connectivity index (χ4v) is 2.59. The van der Waals surface area contributed by atoms with E-state index >= 15 is 0 Å². The Hall–Kier alpha value is -2.63. The summed E-state index contributed by atoms with van der Waals surface area (Å²) in [6, 6.07) is 7.73. The fourth-order valence-electron chi connectivity index (χ4n) is 2.59. The lowest BCUT2D eigenvalue weighted by Gasteiger charge is -2.10. The number of anilines is 2. The molecule has 3 aromatic heterocycles. The zero-order chi connectivity index (χ0) is 15.1. The number of nitrogens with two attached hydrogens (primary N) is 2. The highest BCUT2D eigenvalue weighted by atomic mass is 15.1. The molecule has 0 atom stereocenters. The number of fused-ring (bicyclic) bond motifs is 1. The van der Waals surface area contributed by atoms with Crippen molar-refractivity contribution in [1.29, 1.82) is 0 Å². The zero-order valence-electron chi connectivity index (χ0n) is 12.3. The fraction of sp³-hybridized carbons (Fsp3) is 0.267. The summed E-state index contributed by atoms with van der Waals surface area (Å²) in [4.78, 5) is 13.3. The van der Waals surface area contributed by atoms with Crippen LogP contribution in [0.5, 0.6) is 0 Å². The third-order valence-electron chi connectivity index (χ3n) is 3.39. The van der Waals surface area contributed by atoms with Crippen LogP contribution in [0.1, 0.15) is 25.7 Å². The Morgan fingerprint density at radius 3 is 2.29 bits per heavy atom. The lowest BCUT2D eigenvalue weighted by Crippen LogP contribution is -2.04. The topological polar surface area (TPSA) is 95.6 Å². The molecule has 3 aromatic rings. The van der Waals surface area contributed by atoms with Gasteiger partial charge in [0.05, 0.1) is 5.69 Å². The van der Waals surface area contributed by atoms with Crippen molar-refractivity contribution >= 4 is 22.8 Å². The van der Waals surface area contributed by atoms with Crippen molar-refractivity contribution in [3.8, 4) is 11.3 Å². The second-order valence-corrected chi connectivity index (χ2v) is 5.37. The third kappa shape index (κ3) is 2.29. The Balaban J connectivity index is 2.22. The number of aromatic nitrogens is 4. The summed E-state index contributed by atoms with van der Waals surface area (Å²) in [6.07, 6.45) is 0. The van der Waals surface area contributed by atoms with E-state index in [2.05, 4.69) is 28.4 Å². The minimum Gasteiger partial charge on any atom is -0.384 e. The van der Waals surface area contributed by atoms with Gasteiger partial charge in [-0.15, -0.1) is 0 Å². The lowest BCUT2D eigenvalue weighted by atomic mass is 10.1. The maximum atomic E-state index is 5.76. The van der Waals surface area contributed by atoms with Gasteiger partial charge in [-0.3, -0.25) is 0 Å². The number of hydrogen-bond donors (Lipinski definition) is 2. The highest BCUT2D eigenvalue weighted by molar-refractivity contribution is 5.77. The molecule has 0 aliphatic heterocycles. The molecule has 0 aliphatic rings. The number of aryl methyl sites for hydroxylation is 1. The number of rotatable bonds is 2. The minimum atomic E-state index is 0.297. The van der Waals surface area contributed by atoms with Crippen LogP contribution >= 0.6 is 0 Å². The van der Waals surface area contributed by atoms with Gasteiger partial charge in [-0.1, -0.05) is 0 Å². The molecular weight excluding hydrogens is 264 g/mol. The number of nitrogens with zero attached hydrogens (tertiary/aromatic N) is 4. The maximum absolute atomic E-state index is 5.76. The summed E-state index contributed by atoms with van der Waals surface area (Å²) < 4.78 is 2.12. The van der Waals surface area contributed by atoms with Crippen molar-refractivity contribution in [2.75, 3.05) is 11.5 Å². The number of hydrogen-bond acceptors (Lipinski definition) is 5. The second-order valence-electron chi connectivity index (χ2n) is 5.37. The summed E-state index contributed by atoms with van der Waals surface area (Å²) in [5, 5.41) is 0. The van der Waals surface area contributed by atoms with Gasteiger partial charge < -0.3 is 16.0 Å². The van der Waals surface area contributed by atoms with Crippen molar-refractivity contribution in [3.05, 3.63) is 30.1 Å². The van der Waals surface area contributed by atoms with Gasteiger partial charge in [0.2, 0.25) is 0 Å². The Morgan fingerprint density at radius 1 is 1.00 bits per heavy atom. The first-order valence-corrected chi connectivity index (χ1v) is 6.84. The van der Waals surface area contributed by atoms with Gasteiger partial charge >= 0.3 is 0 Å². The predicted octanol–water partition coefficient (Wildman–Crippen LogP) is 2.55. The van der Waals surface area contributed by atoms with Crippen molar-refractivity contribution in [3.63, 3.8) is 0 Å². The van der Waals surface area contributed by atoms with Crippen LogP contribution in [0.25, 0.3) is 22.4 Å². The number of nitrogen functional groups attached to an aromatic ring is 2. The van der Waals surface area contributed by atoms with Crippen molar-refractivity contribution < 1.29 is 0 Å². The molecule has 0 unspecified atom stereocenters. The molecule has 4 N–H and O–H groups in total. The van der Waals surface area contributed by atoms with Crippen molar-refractivity contribution in [2.24, 2.45) is 0 Å². The van der Waals surface area contributed by atoms with E-state index in [9.17, 15) is 0 Å². The first-order valence-electron chi connectivity index (χ1n) is 6.84. The van der Waals surface area contributed by atoms with E-state index in [1.807, 2.05) is 19.1 Å². The van der Waals surface area contributed by atoms with Gasteiger partial charge in [0.25, 0.3) is 0 Å². The summed E-state index contributed by atoms with van der Waals surface area (Å²) in [7, 11) is 0. The molecule has 0 aromatic carbocycles. The molecule has 0 amide bonds. The number of imidazole rings is 1. The molecule has 3 heterocycles. The highest BCUT2D eigenvalue weighted by Crippen LogP contribution is 2.25. The average Bonchev–Trinajstić information content (AvgIpc) is 2.72. The molecular formula is C15H18N6. The maximum Gasteiger partial charge on any atom is 0.160 e. The normalized spacial score (nSPS) is 11.4. The quantitative estimate of drug-likeness (QED) is 0.753. The Labute approximate surface area is 122 Å². The van der Waals surface area contributed by atoms with E-state index in [4.69, 9.17) is 16.5 Å². The van der Waals surface area contributed by atoms with E-state index in [1.54, 1.807) is 12.1 Å². The van der Waals surface area contributed by atoms with Crippen LogP contribution in [0, 0.1) is 6.92 Å². The summed E-state index contributed by atoms with van der Waals surface area (Å²) >= 11 is 0. The molecule has 0 spiro atoms. The van der Waals surface area contributed by atoms with E-state index in [-0.39, 0.29) is 0 Å². The average molecular weight is 282 g/mol. The smallest absolute Gasteiger partial charge is 0.160 e. The van der Waals surface area contributed by atoms with Crippen LogP contribution in [-0.4, -0.2) is 19.5 Å². The number of pyridine rings is 2. The summed E-state index contributed by atoms with van der Waals surface area (Å²) in [5.41, 5.74) is 14.9. The zero-order valence-corrected chi connectivity index (χ0v) is 12.3. The second kappa shape index (κ2) is 4.73. The van der Waals surface area contributed by atoms with Crippen molar-refractivity contribution in [2.45, 2.75) is 26.8 Å². The Kier molecular flexibility index (Phi) is 3.01. The van der Waals surface area contributed by atoms with Gasteiger partial charge in [-0.2, -0.15) is 0 Å². The molecule has 6 nitrogen and oxygen atoms in total. The minimum absolute atomic E-state index is 0.297. The van der Waals surface area contributed by atoms with Gasteiger partial charge in [0, 0.05) is 11.6 Å². The van der Waals surface area contributed by atoms with Crippen LogP contribution in [0.2, 0.25) is 0 Å². The van der Waals surface area contributed by atoms with E-state index < -0.39 is 0 Å². The molecule has 0 saturated heterocycles. The first kappa shape index (κ1) is 13.4. The summed E-state index contributed by atoms with van der Waals surface area (Å²) in [6.45, 7) is 6.22. The largest absolute Gasteiger partial charge is 0.384 e. The molecule has 0 saturated carbocycles. The molecule has 0 aliphatic carbocycles. The van der Waals surface area contributed by atoms with Gasteiger partial charge in [0.1, 0.15) is 23.0 Å². The van der Waals surface area contributed by atoms with Gasteiger partial charge in [0.15, 0.2) is 5.65 Å². The van der Waals surface area contributed by atoms with Crippen LogP contribution in [-0.2, 0) is 0 Å². The van der Waals surface area contributed by atoms with Gasteiger partial charge in [-0.05, 0) is 45.0 Å². The molecule has 0 bridgehead atoms. The lowest BCUT2D eigenvalue weighted by molar-refractivity contribution is 0.595. The predicted molar refractivity (Wildman–Crippen MR) is 84.7 cm³/mol. The molecule has 6 heteroatoms. The monoisotopic (exact) mass is 282 g/mol.